The molecule has 8 heteroatoms. The summed E-state index contributed by atoms with van der Waals surface area (Å²) >= 11 is 0. The molecule has 6 nitrogen and oxygen atoms in total. The van der Waals surface area contributed by atoms with Crippen molar-refractivity contribution in [2.75, 3.05) is 32.9 Å². The molecule has 1 aromatic carbocycles. The molecule has 0 spiro atoms. The van der Waals surface area contributed by atoms with Crippen molar-refractivity contribution in [1.82, 2.24) is 14.6 Å². The Morgan fingerprint density at radius 1 is 1.21 bits per heavy atom. The molecule has 0 saturated carbocycles. The number of sulfonamides is 1. The first kappa shape index (κ1) is 18.3. The molecule has 0 fully saturated rings. The highest BCUT2D eigenvalue weighted by Crippen LogP contribution is 2.39. The number of rotatable bonds is 2. The summed E-state index contributed by atoms with van der Waals surface area (Å²) in [7, 11) is -1.31. The second-order valence-corrected chi connectivity index (χ2v) is 9.77. The molecule has 0 aromatic heterocycles. The maximum absolute atomic E-state index is 14.3. The number of nitrogens with one attached hydrogen (secondary N) is 1. The third-order valence-electron chi connectivity index (χ3n) is 5.69. The van der Waals surface area contributed by atoms with Crippen molar-refractivity contribution in [2.45, 2.75) is 6.42 Å². The fraction of sp³-hybridized carbons (Fsp3) is 0.286. The molecule has 0 bridgehead atoms. The highest BCUT2D eigenvalue weighted by molar-refractivity contribution is 7.88. The average molecular weight is 412 g/mol. The van der Waals surface area contributed by atoms with Crippen LogP contribution in [0.5, 0.6) is 0 Å². The Bertz CT molecular complexity index is 1190. The van der Waals surface area contributed by atoms with Gasteiger partial charge in [0, 0.05) is 49.6 Å². The lowest BCUT2D eigenvalue weighted by molar-refractivity contribution is 0.426. The fourth-order valence-electron chi connectivity index (χ4n) is 4.35. The van der Waals surface area contributed by atoms with Crippen LogP contribution in [0, 0.1) is 5.82 Å². The first-order valence-corrected chi connectivity index (χ1v) is 11.3. The number of hydrazone groups is 1. The molecule has 5 rings (SSSR count). The topological polar surface area (TPSA) is 65.0 Å². The maximum Gasteiger partial charge on any atom is 0.211 e. The van der Waals surface area contributed by atoms with E-state index in [9.17, 15) is 12.8 Å². The molecule has 1 aromatic rings. The monoisotopic (exact) mass is 412 g/mol. The second-order valence-electron chi connectivity index (χ2n) is 7.79. The van der Waals surface area contributed by atoms with Crippen molar-refractivity contribution in [2.24, 2.45) is 5.10 Å². The summed E-state index contributed by atoms with van der Waals surface area (Å²) in [6.45, 7) is 1.44. The Balaban J connectivity index is 1.67. The molecule has 150 valence electrons. The number of nitrogens with zero attached hydrogens (tertiary/aromatic N) is 3. The van der Waals surface area contributed by atoms with Gasteiger partial charge < -0.3 is 4.90 Å². The molecule has 1 aliphatic carbocycles. The van der Waals surface area contributed by atoms with E-state index in [4.69, 9.17) is 0 Å². The van der Waals surface area contributed by atoms with E-state index < -0.39 is 10.0 Å². The third-order valence-corrected chi connectivity index (χ3v) is 6.94. The van der Waals surface area contributed by atoms with E-state index in [2.05, 4.69) is 16.6 Å². The third kappa shape index (κ3) is 3.03. The largest absolute Gasteiger partial charge is 0.375 e. The Hall–Kier alpha value is -2.71. The predicted molar refractivity (Wildman–Crippen MR) is 112 cm³/mol. The van der Waals surface area contributed by atoms with Gasteiger partial charge in [0.05, 0.1) is 17.7 Å². The van der Waals surface area contributed by atoms with Crippen LogP contribution in [0.25, 0.3) is 11.6 Å². The molecule has 29 heavy (non-hydrogen) atoms. The quantitative estimate of drug-likeness (QED) is 0.810. The molecule has 0 saturated heterocycles. The van der Waals surface area contributed by atoms with Crippen LogP contribution in [0.15, 0.2) is 52.4 Å². The van der Waals surface area contributed by atoms with Crippen molar-refractivity contribution in [3.05, 3.63) is 69.8 Å². The molecular weight excluding hydrogens is 391 g/mol. The number of halogens is 1. The molecule has 0 unspecified atom stereocenters. The lowest BCUT2D eigenvalue weighted by Crippen LogP contribution is -2.37. The van der Waals surface area contributed by atoms with Gasteiger partial charge in [-0.15, -0.1) is 0 Å². The lowest BCUT2D eigenvalue weighted by atomic mass is 9.88. The van der Waals surface area contributed by atoms with E-state index >= 15 is 0 Å². The molecule has 0 radical (unpaired) electrons. The molecule has 3 aliphatic heterocycles. The van der Waals surface area contributed by atoms with Crippen molar-refractivity contribution in [3.63, 3.8) is 0 Å². The van der Waals surface area contributed by atoms with Gasteiger partial charge in [-0.2, -0.15) is 9.41 Å². The zero-order valence-corrected chi connectivity index (χ0v) is 17.1. The summed E-state index contributed by atoms with van der Waals surface area (Å²) in [4.78, 5) is 2.04. The Labute approximate surface area is 169 Å². The number of likely N-dealkylation sites (N-methyl/N-ethyl adjacent to an activating group) is 1. The normalized spacial score (nSPS) is 21.1. The van der Waals surface area contributed by atoms with Crippen LogP contribution in [-0.4, -0.2) is 56.3 Å². The number of hydrogen-bond donors (Lipinski definition) is 1. The predicted octanol–water partition coefficient (Wildman–Crippen LogP) is 2.29. The molecule has 0 amide bonds. The number of hydrogen-bond acceptors (Lipinski definition) is 5. The minimum atomic E-state index is -3.27. The van der Waals surface area contributed by atoms with Gasteiger partial charge in [0.15, 0.2) is 0 Å². The molecular formula is C21H21FN4O2S. The van der Waals surface area contributed by atoms with Crippen LogP contribution in [0.3, 0.4) is 0 Å². The summed E-state index contributed by atoms with van der Waals surface area (Å²) in [6.07, 6.45) is 9.75. The summed E-state index contributed by atoms with van der Waals surface area (Å²) < 4.78 is 40.0. The number of benzene rings is 1. The van der Waals surface area contributed by atoms with Crippen LogP contribution in [-0.2, 0) is 10.0 Å². The average Bonchev–Trinajstić information content (AvgIpc) is 3.00. The molecule has 1 N–H and O–H groups in total. The van der Waals surface area contributed by atoms with Crippen LogP contribution in [0.2, 0.25) is 0 Å². The van der Waals surface area contributed by atoms with Crippen molar-refractivity contribution < 1.29 is 12.8 Å². The standard InChI is InChI=1S/C21H21FN4O2S/c1-25-11-17(14-4-3-7-26(10-14)29(2,27)28)21-18(12-25)16-9-15(22)8-13-5-6-19(20(13)16)23-24-21/h4-6,8-9,12,24H,3,7,10-11H2,1-2H3. The minimum Gasteiger partial charge on any atom is -0.375 e. The van der Waals surface area contributed by atoms with Crippen LogP contribution >= 0.6 is 0 Å². The van der Waals surface area contributed by atoms with Crippen molar-refractivity contribution in [3.8, 4) is 0 Å². The highest BCUT2D eigenvalue weighted by Gasteiger charge is 2.31. The van der Waals surface area contributed by atoms with Gasteiger partial charge in [0.25, 0.3) is 0 Å². The molecule has 3 heterocycles. The lowest BCUT2D eigenvalue weighted by Gasteiger charge is -2.32. The van der Waals surface area contributed by atoms with E-state index in [0.29, 0.717) is 26.1 Å². The Kier molecular flexibility index (Phi) is 4.04. The smallest absolute Gasteiger partial charge is 0.211 e. The SMILES string of the molecule is CN1C=C2C(=C(C3=CCCN(S(C)(=O)=O)C3)C1)NN=C1C=Cc3cc(F)cc2c31. The van der Waals surface area contributed by atoms with E-state index in [1.54, 1.807) is 6.07 Å². The van der Waals surface area contributed by atoms with Gasteiger partial charge >= 0.3 is 0 Å². The van der Waals surface area contributed by atoms with E-state index in [1.165, 1.54) is 16.6 Å². The van der Waals surface area contributed by atoms with E-state index in [-0.39, 0.29) is 5.82 Å². The molecule has 0 atom stereocenters. The van der Waals surface area contributed by atoms with E-state index in [0.717, 1.165) is 44.8 Å². The number of fused-ring (bicyclic) bond motifs is 2. The van der Waals surface area contributed by atoms with Gasteiger partial charge in [0.2, 0.25) is 10.0 Å². The van der Waals surface area contributed by atoms with Gasteiger partial charge in [-0.3, -0.25) is 5.43 Å². The van der Waals surface area contributed by atoms with Crippen molar-refractivity contribution in [1.29, 1.82) is 0 Å². The summed E-state index contributed by atoms with van der Waals surface area (Å²) in [5.74, 6) is -0.290. The number of allylic oxidation sites excluding steroid dienone is 2. The first-order chi connectivity index (χ1) is 13.8. The maximum atomic E-state index is 14.3. The van der Waals surface area contributed by atoms with Crippen LogP contribution in [0.4, 0.5) is 4.39 Å². The first-order valence-electron chi connectivity index (χ1n) is 9.47. The van der Waals surface area contributed by atoms with Crippen LogP contribution in [0.1, 0.15) is 23.1 Å². The van der Waals surface area contributed by atoms with Crippen LogP contribution < -0.4 is 5.43 Å². The summed E-state index contributed by atoms with van der Waals surface area (Å²) in [5.41, 5.74) is 10.1. The summed E-state index contributed by atoms with van der Waals surface area (Å²) in [5, 5.41) is 4.57. The Morgan fingerprint density at radius 2 is 2.03 bits per heavy atom. The van der Waals surface area contributed by atoms with Gasteiger partial charge in [-0.1, -0.05) is 12.2 Å². The van der Waals surface area contributed by atoms with Gasteiger partial charge in [0.1, 0.15) is 5.82 Å². The summed E-state index contributed by atoms with van der Waals surface area (Å²) in [6, 6.07) is 3.07. The van der Waals surface area contributed by atoms with Crippen molar-refractivity contribution >= 4 is 27.4 Å². The highest BCUT2D eigenvalue weighted by atomic mass is 32.2. The Morgan fingerprint density at radius 3 is 2.83 bits per heavy atom. The van der Waals surface area contributed by atoms with E-state index in [1.807, 2.05) is 30.3 Å². The van der Waals surface area contributed by atoms with Gasteiger partial charge in [-0.25, -0.2) is 12.8 Å². The van der Waals surface area contributed by atoms with Gasteiger partial charge in [-0.05, 0) is 41.3 Å². The molecule has 4 aliphatic rings. The fourth-order valence-corrected chi connectivity index (χ4v) is 5.16. The zero-order chi connectivity index (χ0) is 20.3. The second kappa shape index (κ2) is 6.40. The zero-order valence-electron chi connectivity index (χ0n) is 16.2. The minimum absolute atomic E-state index is 0.290.